The van der Waals surface area contributed by atoms with E-state index in [9.17, 15) is 48.6 Å². The fraction of sp³-hybridized carbons (Fsp3) is 0.558. The average Bonchev–Trinajstić information content (AvgIpc) is 3.42. The van der Waals surface area contributed by atoms with Crippen molar-refractivity contribution < 1.29 is 91.2 Å². The van der Waals surface area contributed by atoms with Gasteiger partial charge in [-0.1, -0.05) is 25.1 Å². The number of esters is 8. The third-order valence-electron chi connectivity index (χ3n) is 12.6. The lowest BCUT2D eigenvalue weighted by Gasteiger charge is -2.67. The van der Waals surface area contributed by atoms with Crippen LogP contribution in [0.2, 0.25) is 0 Å². The van der Waals surface area contributed by atoms with Crippen molar-refractivity contribution >= 4 is 47.8 Å². The lowest BCUT2D eigenvalue weighted by Crippen LogP contribution is -2.89. The highest BCUT2D eigenvalue weighted by atomic mass is 16.7. The zero-order valence-corrected chi connectivity index (χ0v) is 35.9. The van der Waals surface area contributed by atoms with Gasteiger partial charge in [0.2, 0.25) is 0 Å². The number of hydrogen-bond donors (Lipinski definition) is 2. The lowest BCUT2D eigenvalue weighted by atomic mass is 9.45. The van der Waals surface area contributed by atoms with Crippen LogP contribution in [0.4, 0.5) is 0 Å². The first-order chi connectivity index (χ1) is 29.4. The first-order valence-corrected chi connectivity index (χ1v) is 19.9. The summed E-state index contributed by atoms with van der Waals surface area (Å²) in [5.41, 5.74) is -13.6. The van der Waals surface area contributed by atoms with Gasteiger partial charge in [0.15, 0.2) is 35.6 Å². The van der Waals surface area contributed by atoms with Gasteiger partial charge in [-0.25, -0.2) is 14.4 Å². The van der Waals surface area contributed by atoms with Crippen LogP contribution in [0.5, 0.6) is 0 Å². The van der Waals surface area contributed by atoms with Crippen LogP contribution in [0.15, 0.2) is 48.8 Å². The molecule has 13 atom stereocenters. The quantitative estimate of drug-likeness (QED) is 0.280. The molecule has 2 aromatic rings. The number of rotatable bonds is 8. The van der Waals surface area contributed by atoms with Gasteiger partial charge in [-0.15, -0.1) is 0 Å². The van der Waals surface area contributed by atoms with Gasteiger partial charge < -0.3 is 52.8 Å². The van der Waals surface area contributed by atoms with Gasteiger partial charge in [-0.2, -0.15) is 0 Å². The number of cyclic esters (lactones) is 1. The van der Waals surface area contributed by atoms with Gasteiger partial charge >= 0.3 is 47.8 Å². The van der Waals surface area contributed by atoms with Crippen LogP contribution in [0.1, 0.15) is 94.5 Å². The summed E-state index contributed by atoms with van der Waals surface area (Å²) < 4.78 is 55.1. The van der Waals surface area contributed by atoms with E-state index in [4.69, 9.17) is 42.6 Å². The molecule has 3 heterocycles. The Labute approximate surface area is 360 Å². The molecule has 0 amide bonds. The monoisotopic (exact) mass is 883 g/mol. The molecule has 2 aliphatic carbocycles. The number of aliphatic hydroxyl groups is 2. The number of aromatic nitrogens is 1. The number of carbonyl (C=O) groups excluding carboxylic acids is 8. The number of ether oxygens (including phenoxy) is 9. The van der Waals surface area contributed by atoms with Crippen molar-refractivity contribution in [3.05, 3.63) is 65.5 Å². The summed E-state index contributed by atoms with van der Waals surface area (Å²) in [5.74, 6) is -12.0. The van der Waals surface area contributed by atoms with Crippen molar-refractivity contribution in [2.24, 2.45) is 11.3 Å². The molecule has 20 nitrogen and oxygen atoms in total. The van der Waals surface area contributed by atoms with E-state index in [1.807, 2.05) is 0 Å². The fourth-order valence-electron chi connectivity index (χ4n) is 9.87. The Morgan fingerprint density at radius 1 is 0.762 bits per heavy atom. The molecular weight excluding hydrogens is 834 g/mol. The number of benzene rings is 1. The van der Waals surface area contributed by atoms with E-state index in [2.05, 4.69) is 4.98 Å². The molecule has 3 fully saturated rings. The smallest absolute Gasteiger partial charge is 0.340 e. The van der Waals surface area contributed by atoms with E-state index in [1.54, 1.807) is 6.07 Å². The lowest BCUT2D eigenvalue weighted by molar-refractivity contribution is -0.386. The second-order valence-corrected chi connectivity index (χ2v) is 16.8. The predicted octanol–water partition coefficient (Wildman–Crippen LogP) is 1.44. The Kier molecular flexibility index (Phi) is 12.3. The Morgan fingerprint density at radius 2 is 1.33 bits per heavy atom. The summed E-state index contributed by atoms with van der Waals surface area (Å²) in [6.07, 6.45) is -10.4. The molecule has 340 valence electrons. The minimum absolute atomic E-state index is 0.0502. The first kappa shape index (κ1) is 46.5. The molecule has 1 spiro atoms. The summed E-state index contributed by atoms with van der Waals surface area (Å²) in [7, 11) is 0. The van der Waals surface area contributed by atoms with Crippen molar-refractivity contribution in [1.29, 1.82) is 0 Å². The highest BCUT2D eigenvalue weighted by Gasteiger charge is 2.92. The Bertz CT molecular complexity index is 2210. The van der Waals surface area contributed by atoms with E-state index >= 15 is 0 Å². The first-order valence-electron chi connectivity index (χ1n) is 19.9. The maximum atomic E-state index is 14.7. The van der Waals surface area contributed by atoms with Crippen LogP contribution in [-0.4, -0.2) is 135 Å². The SMILES string of the molecule is CC(=O)OCC12C(OC(C)=O)C(OC(C)=O)C3C(OC(C)=O)C14OC3(C)COC(=O)c1cnccc1C(C)C(C)(O)C(=O)OC(C(OC(C)=O)C2OC(=O)c1ccccc1)C4(C)O. The van der Waals surface area contributed by atoms with Crippen LogP contribution in [-0.2, 0) is 71.4 Å². The second-order valence-electron chi connectivity index (χ2n) is 16.8. The molecule has 1 aromatic heterocycles. The van der Waals surface area contributed by atoms with Crippen molar-refractivity contribution in [2.45, 2.75) is 127 Å². The third-order valence-corrected chi connectivity index (χ3v) is 12.6. The van der Waals surface area contributed by atoms with Crippen molar-refractivity contribution in [3.63, 3.8) is 0 Å². The number of hydrogen-bond acceptors (Lipinski definition) is 20. The van der Waals surface area contributed by atoms with Gasteiger partial charge in [-0.05, 0) is 44.5 Å². The van der Waals surface area contributed by atoms with E-state index in [0.29, 0.717) is 0 Å². The van der Waals surface area contributed by atoms with Crippen LogP contribution >= 0.6 is 0 Å². The molecule has 6 rings (SSSR count). The van der Waals surface area contributed by atoms with Crippen LogP contribution in [0, 0.1) is 11.3 Å². The van der Waals surface area contributed by atoms with Gasteiger partial charge in [0, 0.05) is 52.9 Å². The second kappa shape index (κ2) is 16.6. The molecule has 4 bridgehead atoms. The zero-order valence-electron chi connectivity index (χ0n) is 35.9. The minimum atomic E-state index is -2.98. The maximum absolute atomic E-state index is 14.7. The summed E-state index contributed by atoms with van der Waals surface area (Å²) in [6, 6.07) is 8.61. The Hall–Kier alpha value is -5.99. The molecule has 2 saturated carbocycles. The van der Waals surface area contributed by atoms with Gasteiger partial charge in [0.1, 0.15) is 42.0 Å². The Balaban J connectivity index is 1.82. The van der Waals surface area contributed by atoms with E-state index in [0.717, 1.165) is 54.7 Å². The van der Waals surface area contributed by atoms with Crippen molar-refractivity contribution in [2.75, 3.05) is 13.2 Å². The zero-order chi connectivity index (χ0) is 46.6. The average molecular weight is 884 g/mol. The van der Waals surface area contributed by atoms with E-state index in [-0.39, 0.29) is 16.7 Å². The highest BCUT2D eigenvalue weighted by molar-refractivity contribution is 5.92. The topological polar surface area (TPSA) is 273 Å². The number of nitrogens with zero attached hydrogens (tertiary/aromatic N) is 1. The molecule has 1 saturated heterocycles. The molecule has 2 N–H and O–H groups in total. The molecule has 13 unspecified atom stereocenters. The summed E-state index contributed by atoms with van der Waals surface area (Å²) in [5, 5.41) is 25.7. The number of fused-ring (bicyclic) bond motifs is 5. The summed E-state index contributed by atoms with van der Waals surface area (Å²) >= 11 is 0. The molecule has 2 aliphatic heterocycles. The van der Waals surface area contributed by atoms with Gasteiger partial charge in [-0.3, -0.25) is 29.0 Å². The molecular formula is C43H49NO19. The van der Waals surface area contributed by atoms with Gasteiger partial charge in [0.25, 0.3) is 0 Å². The van der Waals surface area contributed by atoms with Gasteiger partial charge in [0.05, 0.1) is 17.0 Å². The predicted molar refractivity (Wildman–Crippen MR) is 207 cm³/mol. The number of pyridine rings is 1. The molecule has 4 aliphatic rings. The van der Waals surface area contributed by atoms with E-state index in [1.165, 1.54) is 50.4 Å². The summed E-state index contributed by atoms with van der Waals surface area (Å²) in [6.45, 7) is 7.69. The van der Waals surface area contributed by atoms with Crippen molar-refractivity contribution in [3.8, 4) is 0 Å². The fourth-order valence-corrected chi connectivity index (χ4v) is 9.87. The largest absolute Gasteiger partial charge is 0.465 e. The molecule has 0 radical (unpaired) electrons. The van der Waals surface area contributed by atoms with Crippen LogP contribution in [0.25, 0.3) is 0 Å². The number of carbonyl (C=O) groups is 8. The standard InChI is InChI=1S/C43H49NO19/c1-20-27-15-16-44-17-28(27)37(51)56-18-39(7)29-30(57-22(3)46)34(60-25(6)49)42(19-55-21(2)45)35(61-36(50)26-13-11-10-12-14-26)31(58-23(4)47)33(62-38(52)40(20,8)53)41(9,54)43(42,63-39)32(29)59-24(5)48/h10-17,20,29-35,53-54H,18-19H2,1-9H3. The Morgan fingerprint density at radius 3 is 1.92 bits per heavy atom. The molecule has 20 heteroatoms. The van der Waals surface area contributed by atoms with E-state index < -0.39 is 137 Å². The normalized spacial score (nSPS) is 36.8. The highest BCUT2D eigenvalue weighted by Crippen LogP contribution is 2.70. The van der Waals surface area contributed by atoms with Crippen LogP contribution < -0.4 is 0 Å². The van der Waals surface area contributed by atoms with Crippen molar-refractivity contribution in [1.82, 2.24) is 4.98 Å². The molecule has 63 heavy (non-hydrogen) atoms. The minimum Gasteiger partial charge on any atom is -0.465 e. The maximum Gasteiger partial charge on any atom is 0.340 e. The van der Waals surface area contributed by atoms with Crippen LogP contribution in [0.3, 0.4) is 0 Å². The summed E-state index contributed by atoms with van der Waals surface area (Å²) in [4.78, 5) is 114. The molecule has 1 aromatic carbocycles. The third kappa shape index (κ3) is 7.56.